The molecule has 0 aromatic heterocycles. The average molecular weight is 375 g/mol. The zero-order valence-electron chi connectivity index (χ0n) is 13.9. The van der Waals surface area contributed by atoms with Crippen molar-refractivity contribution in [2.45, 2.75) is 19.9 Å². The van der Waals surface area contributed by atoms with Gasteiger partial charge in [0, 0.05) is 36.4 Å². The molecule has 0 unspecified atom stereocenters. The van der Waals surface area contributed by atoms with Crippen LogP contribution in [0.25, 0.3) is 0 Å². The van der Waals surface area contributed by atoms with Crippen molar-refractivity contribution in [3.63, 3.8) is 0 Å². The van der Waals surface area contributed by atoms with E-state index in [1.54, 1.807) is 18.2 Å². The number of carbonyl (C=O) groups is 2. The Labute approximate surface area is 153 Å². The van der Waals surface area contributed by atoms with E-state index in [0.717, 1.165) is 25.2 Å². The summed E-state index contributed by atoms with van der Waals surface area (Å²) in [5, 5.41) is 9.29. The second kappa shape index (κ2) is 9.84. The smallest absolute Gasteiger partial charge is 0.243 e. The highest BCUT2D eigenvalue weighted by atomic mass is 35.5. The van der Waals surface area contributed by atoms with Crippen LogP contribution in [0.1, 0.15) is 12.5 Å². The fourth-order valence-corrected chi connectivity index (χ4v) is 2.65. The Morgan fingerprint density at radius 1 is 1.38 bits per heavy atom. The molecule has 0 bridgehead atoms. The number of piperazine rings is 1. The van der Waals surface area contributed by atoms with Crippen LogP contribution in [0.3, 0.4) is 0 Å². The first-order valence-corrected chi connectivity index (χ1v) is 8.11. The van der Waals surface area contributed by atoms with Gasteiger partial charge in [0.1, 0.15) is 0 Å². The zero-order valence-corrected chi connectivity index (χ0v) is 15.5. The third kappa shape index (κ3) is 5.94. The molecule has 0 spiro atoms. The van der Waals surface area contributed by atoms with Crippen LogP contribution in [0.2, 0.25) is 5.02 Å². The maximum atomic E-state index is 12.0. The average Bonchev–Trinajstić information content (AvgIpc) is 2.52. The highest BCUT2D eigenvalue weighted by Crippen LogP contribution is 2.22. The van der Waals surface area contributed by atoms with Gasteiger partial charge in [-0.25, -0.2) is 0 Å². The molecule has 3 N–H and O–H groups in total. The fourth-order valence-electron chi connectivity index (χ4n) is 2.47. The van der Waals surface area contributed by atoms with Gasteiger partial charge in [0.15, 0.2) is 0 Å². The number of hydrogen-bond acceptors (Lipinski definition) is 4. The van der Waals surface area contributed by atoms with E-state index >= 15 is 0 Å². The van der Waals surface area contributed by atoms with Crippen LogP contribution in [-0.2, 0) is 9.59 Å². The maximum absolute atomic E-state index is 12.0. The Hall–Kier alpha value is -1.34. The number of halogens is 2. The van der Waals surface area contributed by atoms with Crippen LogP contribution in [0.5, 0.6) is 0 Å². The van der Waals surface area contributed by atoms with Crippen LogP contribution in [0, 0.1) is 6.92 Å². The van der Waals surface area contributed by atoms with Crippen molar-refractivity contribution in [1.82, 2.24) is 15.5 Å². The van der Waals surface area contributed by atoms with Crippen molar-refractivity contribution < 1.29 is 9.59 Å². The van der Waals surface area contributed by atoms with Crippen LogP contribution < -0.4 is 16.0 Å². The van der Waals surface area contributed by atoms with Crippen LogP contribution >= 0.6 is 24.0 Å². The van der Waals surface area contributed by atoms with Gasteiger partial charge in [-0.2, -0.15) is 0 Å². The monoisotopic (exact) mass is 374 g/mol. The second-order valence-corrected chi connectivity index (χ2v) is 6.17. The lowest BCUT2D eigenvalue weighted by molar-refractivity contribution is -0.125. The lowest BCUT2D eigenvalue weighted by Crippen LogP contribution is -2.53. The van der Waals surface area contributed by atoms with Crippen LogP contribution in [0.4, 0.5) is 5.69 Å². The van der Waals surface area contributed by atoms with Crippen molar-refractivity contribution in [2.24, 2.45) is 0 Å². The van der Waals surface area contributed by atoms with Gasteiger partial charge >= 0.3 is 0 Å². The number of hydrogen-bond donors (Lipinski definition) is 3. The quantitative estimate of drug-likeness (QED) is 0.728. The van der Waals surface area contributed by atoms with Gasteiger partial charge in [-0.15, -0.1) is 12.4 Å². The molecule has 0 saturated carbocycles. The van der Waals surface area contributed by atoms with Crippen molar-refractivity contribution in [2.75, 3.05) is 38.0 Å². The third-order valence-corrected chi connectivity index (χ3v) is 4.38. The van der Waals surface area contributed by atoms with Gasteiger partial charge in [-0.05, 0) is 31.5 Å². The zero-order chi connectivity index (χ0) is 16.8. The lowest BCUT2D eigenvalue weighted by Gasteiger charge is -2.33. The number of rotatable bonds is 5. The van der Waals surface area contributed by atoms with Crippen LogP contribution in [0.15, 0.2) is 18.2 Å². The number of anilines is 1. The fraction of sp³-hybridized carbons (Fsp3) is 0.500. The first-order valence-electron chi connectivity index (χ1n) is 7.74. The molecule has 1 aromatic carbocycles. The Morgan fingerprint density at radius 2 is 2.12 bits per heavy atom. The predicted molar refractivity (Wildman–Crippen MR) is 99.0 cm³/mol. The van der Waals surface area contributed by atoms with E-state index in [4.69, 9.17) is 11.6 Å². The summed E-state index contributed by atoms with van der Waals surface area (Å²) in [6.07, 6.45) is 0. The minimum Gasteiger partial charge on any atom is -0.346 e. The highest BCUT2D eigenvalue weighted by Gasteiger charge is 2.20. The molecular weight excluding hydrogens is 351 g/mol. The molecule has 1 aliphatic heterocycles. The summed E-state index contributed by atoms with van der Waals surface area (Å²) in [7, 11) is 0. The second-order valence-electron chi connectivity index (χ2n) is 5.76. The number of nitrogens with one attached hydrogen (secondary N) is 3. The summed E-state index contributed by atoms with van der Waals surface area (Å²) >= 11 is 6.02. The summed E-state index contributed by atoms with van der Waals surface area (Å²) in [6, 6.07) is 5.64. The van der Waals surface area contributed by atoms with E-state index in [-0.39, 0.29) is 30.8 Å². The highest BCUT2D eigenvalue weighted by molar-refractivity contribution is 6.31. The Kier molecular flexibility index (Phi) is 8.48. The molecule has 8 heteroatoms. The van der Waals surface area contributed by atoms with E-state index in [0.29, 0.717) is 23.3 Å². The van der Waals surface area contributed by atoms with E-state index in [2.05, 4.69) is 27.8 Å². The van der Waals surface area contributed by atoms with E-state index < -0.39 is 0 Å². The van der Waals surface area contributed by atoms with Gasteiger partial charge in [0.05, 0.1) is 13.1 Å². The molecule has 0 aliphatic carbocycles. The molecule has 1 saturated heterocycles. The Balaban J connectivity index is 0.00000288. The molecule has 1 heterocycles. The summed E-state index contributed by atoms with van der Waals surface area (Å²) in [4.78, 5) is 26.0. The molecule has 2 amide bonds. The molecule has 1 atom stereocenters. The predicted octanol–water partition coefficient (Wildman–Crippen LogP) is 1.42. The largest absolute Gasteiger partial charge is 0.346 e. The van der Waals surface area contributed by atoms with E-state index in [9.17, 15) is 9.59 Å². The van der Waals surface area contributed by atoms with Gasteiger partial charge in [0.2, 0.25) is 11.8 Å². The first-order chi connectivity index (χ1) is 11.0. The number of carbonyl (C=O) groups excluding carboxylic acids is 2. The number of nitrogens with zero attached hydrogens (tertiary/aromatic N) is 1. The van der Waals surface area contributed by atoms with Crippen molar-refractivity contribution >= 4 is 41.5 Å². The number of benzene rings is 1. The van der Waals surface area contributed by atoms with Gasteiger partial charge in [-0.3, -0.25) is 14.5 Å². The molecule has 1 aliphatic rings. The molecule has 0 radical (unpaired) electrons. The third-order valence-electron chi connectivity index (χ3n) is 3.97. The molecular formula is C16H24Cl2N4O2. The Bertz CT molecular complexity index is 583. The van der Waals surface area contributed by atoms with Crippen molar-refractivity contribution in [3.05, 3.63) is 28.8 Å². The molecule has 1 aromatic rings. The minimum atomic E-state index is -0.267. The lowest BCUT2D eigenvalue weighted by atomic mass is 10.2. The van der Waals surface area contributed by atoms with Gasteiger partial charge in [-0.1, -0.05) is 17.7 Å². The first kappa shape index (κ1) is 20.7. The van der Waals surface area contributed by atoms with E-state index in [1.807, 2.05) is 6.92 Å². The minimum absolute atomic E-state index is 0. The SMILES string of the molecule is Cc1c(Cl)cccc1NC(=O)CNC(=O)CN1CCNC[C@H]1C.Cl. The van der Waals surface area contributed by atoms with Crippen LogP contribution in [-0.4, -0.2) is 55.5 Å². The topological polar surface area (TPSA) is 73.5 Å². The maximum Gasteiger partial charge on any atom is 0.243 e. The van der Waals surface area contributed by atoms with Gasteiger partial charge < -0.3 is 16.0 Å². The summed E-state index contributed by atoms with van der Waals surface area (Å²) in [5.74, 6) is -0.409. The summed E-state index contributed by atoms with van der Waals surface area (Å²) in [5.41, 5.74) is 1.47. The van der Waals surface area contributed by atoms with Gasteiger partial charge in [0.25, 0.3) is 0 Å². The molecule has 24 heavy (non-hydrogen) atoms. The summed E-state index contributed by atoms with van der Waals surface area (Å²) < 4.78 is 0. The Morgan fingerprint density at radius 3 is 2.83 bits per heavy atom. The van der Waals surface area contributed by atoms with Crippen molar-refractivity contribution in [1.29, 1.82) is 0 Å². The number of amides is 2. The molecule has 134 valence electrons. The normalized spacial score (nSPS) is 17.7. The summed E-state index contributed by atoms with van der Waals surface area (Å²) in [6.45, 7) is 6.77. The standard InChI is InChI=1S/C16H23ClN4O2.ClH/c1-11-8-18-6-7-21(11)10-16(23)19-9-15(22)20-14-5-3-4-13(17)12(14)2;/h3-5,11,18H,6-10H2,1-2H3,(H,19,23)(H,20,22);1H/t11-;/m1./s1. The molecule has 6 nitrogen and oxygen atoms in total. The molecule has 2 rings (SSSR count). The van der Waals surface area contributed by atoms with Crippen molar-refractivity contribution in [3.8, 4) is 0 Å². The van der Waals surface area contributed by atoms with E-state index in [1.165, 1.54) is 0 Å². The molecule has 1 fully saturated rings.